The van der Waals surface area contributed by atoms with Crippen LogP contribution in [0.4, 0.5) is 0 Å². The van der Waals surface area contributed by atoms with Crippen molar-refractivity contribution < 1.29 is 0 Å². The Morgan fingerprint density at radius 2 is 1.73 bits per heavy atom. The van der Waals surface area contributed by atoms with Gasteiger partial charge in [0.15, 0.2) is 11.3 Å². The van der Waals surface area contributed by atoms with E-state index in [0.717, 1.165) is 23.1 Å². The molecule has 6 nitrogen and oxygen atoms in total. The van der Waals surface area contributed by atoms with Gasteiger partial charge in [0.05, 0.1) is 16.7 Å². The molecule has 0 amide bonds. The first-order valence-electron chi connectivity index (χ1n) is 9.95. The van der Waals surface area contributed by atoms with Gasteiger partial charge in [0.25, 0.3) is 5.56 Å². The molecule has 0 aliphatic heterocycles. The summed E-state index contributed by atoms with van der Waals surface area (Å²) in [5, 5.41) is 1.08. The number of halogens is 1. The van der Waals surface area contributed by atoms with Gasteiger partial charge in [-0.2, -0.15) is 0 Å². The molecule has 0 radical (unpaired) electrons. The van der Waals surface area contributed by atoms with Crippen LogP contribution in [-0.2, 0) is 0 Å². The zero-order valence-corrected chi connectivity index (χ0v) is 17.7. The number of hydrogen-bond donors (Lipinski definition) is 0. The zero-order chi connectivity index (χ0) is 21.0. The van der Waals surface area contributed by atoms with Gasteiger partial charge in [0.1, 0.15) is 16.7 Å². The normalized spacial score (nSPS) is 12.8. The lowest BCUT2D eigenvalue weighted by molar-refractivity contribution is 0.497. The first kappa shape index (κ1) is 18.8. The Morgan fingerprint density at radius 1 is 1.00 bits per heavy atom. The number of benzene rings is 2. The van der Waals surface area contributed by atoms with Gasteiger partial charge in [-0.15, -0.1) is 0 Å². The Labute approximate surface area is 177 Å². The second-order valence-corrected chi connectivity index (χ2v) is 7.93. The van der Waals surface area contributed by atoms with Crippen molar-refractivity contribution >= 4 is 44.8 Å². The minimum Gasteiger partial charge on any atom is -0.293 e. The van der Waals surface area contributed by atoms with Crippen molar-refractivity contribution in [3.05, 3.63) is 69.7 Å². The van der Waals surface area contributed by atoms with E-state index >= 15 is 0 Å². The van der Waals surface area contributed by atoms with E-state index < -0.39 is 0 Å². The van der Waals surface area contributed by atoms with Crippen molar-refractivity contribution in [3.8, 4) is 5.69 Å². The van der Waals surface area contributed by atoms with Crippen LogP contribution < -0.4 is 5.56 Å². The maximum atomic E-state index is 13.6. The molecule has 5 aromatic rings. The monoisotopic (exact) mass is 417 g/mol. The number of aryl methyl sites for hydroxylation is 1. The summed E-state index contributed by atoms with van der Waals surface area (Å²) in [5.74, 6) is 0.664. The standard InChI is InChI=1S/C23H20ClN5O/c1-4-13(2)28-14(3)25-21-19(23(28)30)20-22(27-18-11-6-5-10-17(18)26-20)29(21)16-9-7-8-15(24)12-16/h5-13H,4H2,1-3H3/t13-/m1/s1. The number of fused-ring (bicyclic) bond motifs is 4. The molecule has 150 valence electrons. The average Bonchev–Trinajstić information content (AvgIpc) is 3.04. The van der Waals surface area contributed by atoms with E-state index in [9.17, 15) is 4.79 Å². The van der Waals surface area contributed by atoms with E-state index in [0.29, 0.717) is 33.0 Å². The number of rotatable bonds is 3. The quantitative estimate of drug-likeness (QED) is 0.404. The van der Waals surface area contributed by atoms with Crippen LogP contribution in [0.1, 0.15) is 32.1 Å². The van der Waals surface area contributed by atoms with Crippen LogP contribution in [0.3, 0.4) is 0 Å². The summed E-state index contributed by atoms with van der Waals surface area (Å²) in [6.07, 6.45) is 0.829. The Hall–Kier alpha value is -3.25. The fraction of sp³-hybridized carbons (Fsp3) is 0.217. The molecule has 0 unspecified atom stereocenters. The summed E-state index contributed by atoms with van der Waals surface area (Å²) in [4.78, 5) is 28.1. The predicted octanol–water partition coefficient (Wildman–Crippen LogP) is 5.22. The average molecular weight is 418 g/mol. The molecular formula is C23H20ClN5O. The number of nitrogens with zero attached hydrogens (tertiary/aromatic N) is 5. The van der Waals surface area contributed by atoms with Crippen molar-refractivity contribution in [3.63, 3.8) is 0 Å². The van der Waals surface area contributed by atoms with Crippen molar-refractivity contribution in [2.75, 3.05) is 0 Å². The van der Waals surface area contributed by atoms with Crippen LogP contribution in [-0.4, -0.2) is 24.1 Å². The van der Waals surface area contributed by atoms with Gasteiger partial charge in [0.2, 0.25) is 0 Å². The summed E-state index contributed by atoms with van der Waals surface area (Å²) in [6, 6.07) is 15.1. The molecule has 3 aromatic heterocycles. The Bertz CT molecular complexity index is 1500. The molecule has 30 heavy (non-hydrogen) atoms. The Kier molecular flexibility index (Phi) is 4.33. The molecule has 5 rings (SSSR count). The summed E-state index contributed by atoms with van der Waals surface area (Å²) < 4.78 is 3.63. The topological polar surface area (TPSA) is 65.6 Å². The smallest absolute Gasteiger partial charge is 0.265 e. The molecule has 0 aliphatic carbocycles. The highest BCUT2D eigenvalue weighted by atomic mass is 35.5. The van der Waals surface area contributed by atoms with E-state index in [-0.39, 0.29) is 11.6 Å². The van der Waals surface area contributed by atoms with Crippen LogP contribution in [0.5, 0.6) is 0 Å². The predicted molar refractivity (Wildman–Crippen MR) is 121 cm³/mol. The summed E-state index contributed by atoms with van der Waals surface area (Å²) in [6.45, 7) is 5.95. The SMILES string of the molecule is CC[C@@H](C)n1c(C)nc2c(c1=O)c1nc3ccccc3nc1n2-c1cccc(Cl)c1. The third-order valence-electron chi connectivity index (χ3n) is 5.58. The second-order valence-electron chi connectivity index (χ2n) is 7.49. The van der Waals surface area contributed by atoms with E-state index in [2.05, 4.69) is 6.92 Å². The van der Waals surface area contributed by atoms with Crippen molar-refractivity contribution in [1.29, 1.82) is 0 Å². The van der Waals surface area contributed by atoms with Gasteiger partial charge in [-0.3, -0.25) is 13.9 Å². The molecule has 3 heterocycles. The van der Waals surface area contributed by atoms with Crippen LogP contribution in [0.2, 0.25) is 5.02 Å². The van der Waals surface area contributed by atoms with Crippen LogP contribution in [0.15, 0.2) is 53.3 Å². The van der Waals surface area contributed by atoms with E-state index in [1.165, 1.54) is 0 Å². The van der Waals surface area contributed by atoms with Crippen molar-refractivity contribution in [1.82, 2.24) is 24.1 Å². The Balaban J connectivity index is 2.03. The maximum absolute atomic E-state index is 13.6. The van der Waals surface area contributed by atoms with Crippen LogP contribution in [0.25, 0.3) is 38.9 Å². The fourth-order valence-electron chi connectivity index (χ4n) is 3.97. The molecule has 0 spiro atoms. The van der Waals surface area contributed by atoms with Gasteiger partial charge in [-0.25, -0.2) is 15.0 Å². The third kappa shape index (κ3) is 2.71. The first-order chi connectivity index (χ1) is 14.5. The highest BCUT2D eigenvalue weighted by molar-refractivity contribution is 6.30. The summed E-state index contributed by atoms with van der Waals surface area (Å²) >= 11 is 6.27. The molecular weight excluding hydrogens is 398 g/mol. The van der Waals surface area contributed by atoms with Gasteiger partial charge in [0, 0.05) is 11.1 Å². The molecule has 0 saturated heterocycles. The third-order valence-corrected chi connectivity index (χ3v) is 5.82. The van der Waals surface area contributed by atoms with Gasteiger partial charge in [-0.05, 0) is 50.6 Å². The molecule has 0 bridgehead atoms. The number of para-hydroxylation sites is 2. The van der Waals surface area contributed by atoms with E-state index in [1.54, 1.807) is 4.57 Å². The van der Waals surface area contributed by atoms with Crippen molar-refractivity contribution in [2.45, 2.75) is 33.2 Å². The fourth-order valence-corrected chi connectivity index (χ4v) is 4.16. The molecule has 0 fully saturated rings. The highest BCUT2D eigenvalue weighted by Crippen LogP contribution is 2.30. The molecule has 7 heteroatoms. The highest BCUT2D eigenvalue weighted by Gasteiger charge is 2.23. The lowest BCUT2D eigenvalue weighted by atomic mass is 10.2. The molecule has 0 aliphatic rings. The first-order valence-corrected chi connectivity index (χ1v) is 10.3. The minimum atomic E-state index is -0.0952. The second kappa shape index (κ2) is 6.92. The van der Waals surface area contributed by atoms with E-state index in [4.69, 9.17) is 26.6 Å². The largest absolute Gasteiger partial charge is 0.293 e. The Morgan fingerprint density at radius 3 is 2.43 bits per heavy atom. The molecule has 1 atom stereocenters. The number of aromatic nitrogens is 5. The lowest BCUT2D eigenvalue weighted by Crippen LogP contribution is -2.26. The van der Waals surface area contributed by atoms with Crippen molar-refractivity contribution in [2.24, 2.45) is 0 Å². The van der Waals surface area contributed by atoms with Gasteiger partial charge >= 0.3 is 0 Å². The van der Waals surface area contributed by atoms with Crippen LogP contribution >= 0.6 is 11.6 Å². The zero-order valence-electron chi connectivity index (χ0n) is 16.9. The molecule has 2 aromatic carbocycles. The molecule has 0 N–H and O–H groups in total. The number of hydrogen-bond acceptors (Lipinski definition) is 4. The summed E-state index contributed by atoms with van der Waals surface area (Å²) in [7, 11) is 0. The van der Waals surface area contributed by atoms with Gasteiger partial charge < -0.3 is 0 Å². The lowest BCUT2D eigenvalue weighted by Gasteiger charge is -2.16. The maximum Gasteiger partial charge on any atom is 0.265 e. The van der Waals surface area contributed by atoms with Crippen LogP contribution in [0, 0.1) is 6.92 Å². The summed E-state index contributed by atoms with van der Waals surface area (Å²) in [5.41, 5.74) is 3.89. The minimum absolute atomic E-state index is 0.0346. The van der Waals surface area contributed by atoms with E-state index in [1.807, 2.05) is 66.9 Å². The van der Waals surface area contributed by atoms with Gasteiger partial charge in [-0.1, -0.05) is 36.7 Å². The molecule has 0 saturated carbocycles.